The number of hydrogen-bond acceptors (Lipinski definition) is 3. The quantitative estimate of drug-likeness (QED) is 0.256. The molecule has 0 amide bonds. The van der Waals surface area contributed by atoms with Gasteiger partial charge in [-0.3, -0.25) is 4.79 Å². The van der Waals surface area contributed by atoms with E-state index in [1.54, 1.807) is 18.2 Å². The first-order valence-corrected chi connectivity index (χ1v) is 11.3. The van der Waals surface area contributed by atoms with Gasteiger partial charge in [0.2, 0.25) is 0 Å². The number of para-hydroxylation sites is 2. The highest BCUT2D eigenvalue weighted by Gasteiger charge is 2.12. The van der Waals surface area contributed by atoms with E-state index in [1.807, 2.05) is 24.3 Å². The first-order chi connectivity index (χ1) is 14.1. The Kier molecular flexibility index (Phi) is 11.0. The first kappa shape index (κ1) is 23.6. The Balaban J connectivity index is 1.77. The largest absolute Gasteiger partial charge is 0.465 e. The molecule has 0 aliphatic heterocycles. The van der Waals surface area contributed by atoms with Crippen molar-refractivity contribution >= 4 is 40.5 Å². The standard InChI is InChI=1S/C24H31Cl2NO2/c1-2-3-4-5-6-7-8-11-17-29-23(28)18-19-13-9-10-16-22(19)27-24-20(25)14-12-15-21(24)26/h9-10,12-16,27H,2-8,11,17-18H2,1H3. The van der Waals surface area contributed by atoms with Crippen LogP contribution in [0, 0.1) is 0 Å². The smallest absolute Gasteiger partial charge is 0.310 e. The molecule has 0 heterocycles. The molecule has 0 saturated heterocycles. The van der Waals surface area contributed by atoms with Gasteiger partial charge in [0.05, 0.1) is 28.8 Å². The number of anilines is 2. The van der Waals surface area contributed by atoms with E-state index in [4.69, 9.17) is 27.9 Å². The van der Waals surface area contributed by atoms with Crippen molar-refractivity contribution in [1.82, 2.24) is 0 Å². The van der Waals surface area contributed by atoms with Gasteiger partial charge in [0.25, 0.3) is 0 Å². The van der Waals surface area contributed by atoms with Crippen molar-refractivity contribution in [3.05, 3.63) is 58.1 Å². The maximum Gasteiger partial charge on any atom is 0.310 e. The third-order valence-electron chi connectivity index (χ3n) is 4.84. The van der Waals surface area contributed by atoms with E-state index in [0.29, 0.717) is 22.3 Å². The fourth-order valence-electron chi connectivity index (χ4n) is 3.18. The van der Waals surface area contributed by atoms with Gasteiger partial charge in [-0.25, -0.2) is 0 Å². The first-order valence-electron chi connectivity index (χ1n) is 10.6. The summed E-state index contributed by atoms with van der Waals surface area (Å²) >= 11 is 12.5. The number of hydrogen-bond donors (Lipinski definition) is 1. The summed E-state index contributed by atoms with van der Waals surface area (Å²) in [5, 5.41) is 4.31. The van der Waals surface area contributed by atoms with E-state index >= 15 is 0 Å². The number of halogens is 2. The Labute approximate surface area is 184 Å². The van der Waals surface area contributed by atoms with Crippen LogP contribution in [-0.2, 0) is 16.0 Å². The zero-order chi connectivity index (χ0) is 20.9. The molecule has 0 saturated carbocycles. The maximum atomic E-state index is 12.3. The van der Waals surface area contributed by atoms with Gasteiger partial charge in [0, 0.05) is 5.69 Å². The SMILES string of the molecule is CCCCCCCCCCOC(=O)Cc1ccccc1Nc1c(Cl)cccc1Cl. The van der Waals surface area contributed by atoms with E-state index in [1.165, 1.54) is 38.5 Å². The molecule has 3 nitrogen and oxygen atoms in total. The molecule has 2 aromatic rings. The van der Waals surface area contributed by atoms with Crippen molar-refractivity contribution in [3.8, 4) is 0 Å². The molecule has 1 N–H and O–H groups in total. The van der Waals surface area contributed by atoms with E-state index in [2.05, 4.69) is 12.2 Å². The molecular weight excluding hydrogens is 405 g/mol. The summed E-state index contributed by atoms with van der Waals surface area (Å²) in [6.07, 6.45) is 9.99. The number of ether oxygens (including phenoxy) is 1. The Morgan fingerprint density at radius 2 is 1.48 bits per heavy atom. The number of nitrogens with one attached hydrogen (secondary N) is 1. The number of carbonyl (C=O) groups is 1. The van der Waals surface area contributed by atoms with Crippen LogP contribution in [0.5, 0.6) is 0 Å². The second-order valence-corrected chi connectivity index (χ2v) is 8.07. The predicted octanol–water partition coefficient (Wildman–Crippen LogP) is 7.96. The summed E-state index contributed by atoms with van der Waals surface area (Å²) in [6.45, 7) is 2.72. The lowest BCUT2D eigenvalue weighted by Gasteiger charge is -2.14. The van der Waals surface area contributed by atoms with Crippen LogP contribution in [-0.4, -0.2) is 12.6 Å². The molecule has 0 aliphatic carbocycles. The van der Waals surface area contributed by atoms with Gasteiger partial charge in [0.1, 0.15) is 0 Å². The van der Waals surface area contributed by atoms with Gasteiger partial charge < -0.3 is 10.1 Å². The molecule has 2 rings (SSSR count). The highest BCUT2D eigenvalue weighted by molar-refractivity contribution is 6.39. The van der Waals surface area contributed by atoms with Crippen LogP contribution < -0.4 is 5.32 Å². The molecule has 0 unspecified atom stereocenters. The normalized spacial score (nSPS) is 10.7. The Bertz CT molecular complexity index is 744. The second-order valence-electron chi connectivity index (χ2n) is 7.25. The lowest BCUT2D eigenvalue weighted by Crippen LogP contribution is -2.10. The van der Waals surface area contributed by atoms with Gasteiger partial charge in [-0.05, 0) is 30.2 Å². The van der Waals surface area contributed by atoms with Gasteiger partial charge in [-0.15, -0.1) is 0 Å². The van der Waals surface area contributed by atoms with Crippen LogP contribution in [0.4, 0.5) is 11.4 Å². The molecule has 0 aliphatic rings. The lowest BCUT2D eigenvalue weighted by atomic mass is 10.1. The lowest BCUT2D eigenvalue weighted by molar-refractivity contribution is -0.142. The maximum absolute atomic E-state index is 12.3. The highest BCUT2D eigenvalue weighted by atomic mass is 35.5. The molecule has 2 aromatic carbocycles. The van der Waals surface area contributed by atoms with Crippen molar-refractivity contribution in [2.75, 3.05) is 11.9 Å². The third kappa shape index (κ3) is 8.67. The molecule has 0 aromatic heterocycles. The fraction of sp³-hybridized carbons (Fsp3) is 0.458. The summed E-state index contributed by atoms with van der Waals surface area (Å²) in [5.41, 5.74) is 2.28. The Hall–Kier alpha value is -1.71. The molecule has 0 radical (unpaired) electrons. The minimum Gasteiger partial charge on any atom is -0.465 e. The minimum absolute atomic E-state index is 0.211. The highest BCUT2D eigenvalue weighted by Crippen LogP contribution is 2.33. The molecule has 0 fully saturated rings. The molecule has 0 bridgehead atoms. The Morgan fingerprint density at radius 3 is 2.17 bits per heavy atom. The average Bonchev–Trinajstić information content (AvgIpc) is 2.71. The van der Waals surface area contributed by atoms with Crippen molar-refractivity contribution in [2.45, 2.75) is 64.7 Å². The van der Waals surface area contributed by atoms with Gasteiger partial charge >= 0.3 is 5.97 Å². The molecule has 0 atom stereocenters. The predicted molar refractivity (Wildman–Crippen MR) is 123 cm³/mol. The number of carbonyl (C=O) groups excluding carboxylic acids is 1. The van der Waals surface area contributed by atoms with E-state index in [-0.39, 0.29) is 12.4 Å². The van der Waals surface area contributed by atoms with Crippen LogP contribution in [0.15, 0.2) is 42.5 Å². The van der Waals surface area contributed by atoms with Crippen molar-refractivity contribution < 1.29 is 9.53 Å². The number of esters is 1. The molecule has 0 spiro atoms. The molecule has 5 heteroatoms. The fourth-order valence-corrected chi connectivity index (χ4v) is 3.67. The van der Waals surface area contributed by atoms with Crippen LogP contribution in [0.25, 0.3) is 0 Å². The third-order valence-corrected chi connectivity index (χ3v) is 5.47. The summed E-state index contributed by atoms with van der Waals surface area (Å²) in [4.78, 5) is 12.3. The van der Waals surface area contributed by atoms with Gasteiger partial charge in [-0.2, -0.15) is 0 Å². The van der Waals surface area contributed by atoms with Gasteiger partial charge in [0.15, 0.2) is 0 Å². The molecule has 158 valence electrons. The zero-order valence-corrected chi connectivity index (χ0v) is 18.7. The summed E-state index contributed by atoms with van der Waals surface area (Å²) in [7, 11) is 0. The number of benzene rings is 2. The minimum atomic E-state index is -0.215. The van der Waals surface area contributed by atoms with E-state index < -0.39 is 0 Å². The van der Waals surface area contributed by atoms with E-state index in [0.717, 1.165) is 24.1 Å². The monoisotopic (exact) mass is 435 g/mol. The van der Waals surface area contributed by atoms with E-state index in [9.17, 15) is 4.79 Å². The average molecular weight is 436 g/mol. The van der Waals surface area contributed by atoms with Crippen molar-refractivity contribution in [1.29, 1.82) is 0 Å². The summed E-state index contributed by atoms with van der Waals surface area (Å²) in [5.74, 6) is -0.215. The van der Waals surface area contributed by atoms with Crippen LogP contribution in [0.1, 0.15) is 63.9 Å². The number of unbranched alkanes of at least 4 members (excludes halogenated alkanes) is 7. The summed E-state index contributed by atoms with van der Waals surface area (Å²) in [6, 6.07) is 13.0. The molecule has 29 heavy (non-hydrogen) atoms. The molecular formula is C24H31Cl2NO2. The van der Waals surface area contributed by atoms with Crippen molar-refractivity contribution in [3.63, 3.8) is 0 Å². The Morgan fingerprint density at radius 1 is 0.862 bits per heavy atom. The topological polar surface area (TPSA) is 38.3 Å². The second kappa shape index (κ2) is 13.5. The zero-order valence-electron chi connectivity index (χ0n) is 17.2. The van der Waals surface area contributed by atoms with Gasteiger partial charge in [-0.1, -0.05) is 99.3 Å². The van der Waals surface area contributed by atoms with Crippen LogP contribution in [0.3, 0.4) is 0 Å². The van der Waals surface area contributed by atoms with Crippen molar-refractivity contribution in [2.24, 2.45) is 0 Å². The van der Waals surface area contributed by atoms with Crippen LogP contribution >= 0.6 is 23.2 Å². The summed E-state index contributed by atoms with van der Waals surface area (Å²) < 4.78 is 5.42. The number of rotatable bonds is 13. The van der Waals surface area contributed by atoms with Crippen LogP contribution in [0.2, 0.25) is 10.0 Å².